The van der Waals surface area contributed by atoms with Crippen molar-refractivity contribution in [2.45, 2.75) is 45.7 Å². The molecule has 0 saturated carbocycles. The Morgan fingerprint density at radius 3 is 2.62 bits per heavy atom. The third kappa shape index (κ3) is 7.59. The molecular weight excluding hydrogens is 170 g/mol. The summed E-state index contributed by atoms with van der Waals surface area (Å²) in [6.45, 7) is 5.20. The third-order valence-electron chi connectivity index (χ3n) is 1.12. The lowest BCUT2D eigenvalue weighted by Gasteiger charge is -2.21. The second kappa shape index (κ2) is 5.07. The topological polar surface area (TPSA) is 58.6 Å². The lowest BCUT2D eigenvalue weighted by atomic mass is 10.2. The van der Waals surface area contributed by atoms with Crippen LogP contribution in [-0.2, 0) is 4.74 Å². The minimum absolute atomic E-state index is 0.596. The smallest absolute Gasteiger partial charge is 0.407 e. The molecule has 0 aromatic heterocycles. The van der Waals surface area contributed by atoms with Crippen molar-refractivity contribution < 1.29 is 17.4 Å². The molecule has 2 N–H and O–H groups in total. The number of hydrogen-bond donors (Lipinski definition) is 2. The van der Waals surface area contributed by atoms with Gasteiger partial charge >= 0.3 is 6.09 Å². The summed E-state index contributed by atoms with van der Waals surface area (Å²) in [4.78, 5) is 11.2. The molecule has 4 heteroatoms. The molecule has 0 unspecified atom stereocenters. The van der Waals surface area contributed by atoms with Crippen LogP contribution in [0, 0.1) is 0 Å². The Kier molecular flexibility index (Phi) is 3.43. The van der Waals surface area contributed by atoms with Crippen LogP contribution in [0.1, 0.15) is 36.8 Å². The first kappa shape index (κ1) is 8.81. The molecule has 0 aliphatic rings. The van der Waals surface area contributed by atoms with E-state index in [0.29, 0.717) is 0 Å². The highest BCUT2D eigenvalue weighted by molar-refractivity contribution is 5.67. The summed E-state index contributed by atoms with van der Waals surface area (Å²) in [7, 11) is 0. The van der Waals surface area contributed by atoms with Crippen molar-refractivity contribution in [3.05, 3.63) is 0 Å². The van der Waals surface area contributed by atoms with E-state index in [2.05, 4.69) is 5.32 Å². The van der Waals surface area contributed by atoms with Gasteiger partial charge in [-0.25, -0.2) is 4.79 Å². The number of ether oxygens (including phenoxy) is 1. The Balaban J connectivity index is 4.08. The van der Waals surface area contributed by atoms with Crippen LogP contribution < -0.4 is 5.32 Å². The number of aliphatic hydroxyl groups is 1. The predicted molar refractivity (Wildman–Crippen MR) is 50.5 cm³/mol. The maximum atomic E-state index is 11.2. The van der Waals surface area contributed by atoms with Crippen molar-refractivity contribution >= 4 is 6.09 Å². The highest BCUT2D eigenvalue weighted by Gasteiger charge is 2.17. The fraction of sp³-hybridized carbons (Fsp3) is 0.889. The van der Waals surface area contributed by atoms with Crippen molar-refractivity contribution in [3.8, 4) is 0 Å². The van der Waals surface area contributed by atoms with Crippen LogP contribution in [0.3, 0.4) is 0 Å². The van der Waals surface area contributed by atoms with Gasteiger partial charge in [0.2, 0.25) is 0 Å². The van der Waals surface area contributed by atoms with E-state index in [9.17, 15) is 4.79 Å². The van der Waals surface area contributed by atoms with Gasteiger partial charge in [-0.3, -0.25) is 0 Å². The molecule has 0 aromatic rings. The van der Waals surface area contributed by atoms with E-state index >= 15 is 0 Å². The van der Waals surface area contributed by atoms with Crippen LogP contribution >= 0.6 is 0 Å². The number of hydrogen-bond acceptors (Lipinski definition) is 3. The van der Waals surface area contributed by atoms with Crippen molar-refractivity contribution in [3.63, 3.8) is 0 Å². The maximum absolute atomic E-state index is 11.2. The molecule has 0 aliphatic carbocycles. The van der Waals surface area contributed by atoms with Gasteiger partial charge < -0.3 is 15.2 Å². The highest BCUT2D eigenvalue weighted by Crippen LogP contribution is 2.06. The van der Waals surface area contributed by atoms with Crippen molar-refractivity contribution in [1.82, 2.24) is 5.32 Å². The summed E-state index contributed by atoms with van der Waals surface area (Å²) >= 11 is 0. The lowest BCUT2D eigenvalue weighted by Crippen LogP contribution is -2.38. The molecule has 0 aliphatic heterocycles. The monoisotopic (exact) mass is 191 g/mol. The highest BCUT2D eigenvalue weighted by atomic mass is 16.6. The fourth-order valence-corrected chi connectivity index (χ4v) is 0.671. The van der Waals surface area contributed by atoms with Crippen LogP contribution in [0.25, 0.3) is 0 Å². The van der Waals surface area contributed by atoms with Gasteiger partial charge in [0, 0.05) is 14.0 Å². The second-order valence-corrected chi connectivity index (χ2v) is 3.78. The summed E-state index contributed by atoms with van der Waals surface area (Å²) < 4.78 is 19.2. The summed E-state index contributed by atoms with van der Waals surface area (Å²) in [6, 6.07) is -0.632. The molecule has 0 fully saturated rings. The van der Waals surface area contributed by atoms with Gasteiger partial charge in [0.25, 0.3) is 0 Å². The SMILES string of the molecule is [2H][C@H]([C@@H]([2H])O)[C@@H](C)NC(=O)OC(C)(C)C. The number of carbonyl (C=O) groups is 1. The van der Waals surface area contributed by atoms with Gasteiger partial charge in [-0.1, -0.05) is 0 Å². The first-order chi connectivity index (χ1) is 6.63. The van der Waals surface area contributed by atoms with E-state index in [4.69, 9.17) is 12.6 Å². The van der Waals surface area contributed by atoms with Crippen LogP contribution in [0.4, 0.5) is 4.79 Å². The van der Waals surface area contributed by atoms with E-state index in [1.54, 1.807) is 27.7 Å². The zero-order valence-corrected chi connectivity index (χ0v) is 8.50. The molecule has 0 bridgehead atoms. The third-order valence-corrected chi connectivity index (χ3v) is 1.12. The van der Waals surface area contributed by atoms with Gasteiger partial charge in [0.1, 0.15) is 5.60 Å². The Hall–Kier alpha value is -0.770. The molecule has 0 radical (unpaired) electrons. The Morgan fingerprint density at radius 2 is 2.23 bits per heavy atom. The van der Waals surface area contributed by atoms with Crippen LogP contribution in [-0.4, -0.2) is 29.4 Å². The molecule has 4 nitrogen and oxygen atoms in total. The first-order valence-corrected chi connectivity index (χ1v) is 4.15. The lowest BCUT2D eigenvalue weighted by molar-refractivity contribution is 0.0502. The van der Waals surface area contributed by atoms with Crippen molar-refractivity contribution in [2.24, 2.45) is 0 Å². The summed E-state index contributed by atoms with van der Waals surface area (Å²) in [5, 5.41) is 11.2. The summed E-state index contributed by atoms with van der Waals surface area (Å²) in [5.74, 6) is 0. The molecule has 0 saturated heterocycles. The zero-order chi connectivity index (χ0) is 12.2. The second-order valence-electron chi connectivity index (χ2n) is 3.78. The van der Waals surface area contributed by atoms with Gasteiger partial charge in [-0.05, 0) is 34.1 Å². The van der Waals surface area contributed by atoms with Crippen molar-refractivity contribution in [2.75, 3.05) is 6.58 Å². The molecule has 0 heterocycles. The van der Waals surface area contributed by atoms with Crippen LogP contribution in [0.2, 0.25) is 0 Å². The fourth-order valence-electron chi connectivity index (χ4n) is 0.671. The molecule has 0 aromatic carbocycles. The average Bonchev–Trinajstić information content (AvgIpc) is 1.98. The van der Waals surface area contributed by atoms with E-state index in [1.807, 2.05) is 0 Å². The van der Waals surface area contributed by atoms with E-state index in [-0.39, 0.29) is 0 Å². The standard InChI is InChI=1S/C9H19NO3/c1-7(5-6-11)10-8(12)13-9(2,3)4/h7,11H,5-6H2,1-4H3,(H,10,12)/t7-/m1/s1/i5D,6D/t5-,6-,7-. The van der Waals surface area contributed by atoms with E-state index < -0.39 is 30.7 Å². The average molecular weight is 191 g/mol. The van der Waals surface area contributed by atoms with Crippen LogP contribution in [0.15, 0.2) is 0 Å². The van der Waals surface area contributed by atoms with E-state index in [0.717, 1.165) is 0 Å². The minimum atomic E-state index is -1.53. The number of nitrogens with one attached hydrogen (secondary N) is 1. The largest absolute Gasteiger partial charge is 0.444 e. The van der Waals surface area contributed by atoms with Gasteiger partial charge in [0.15, 0.2) is 0 Å². The normalized spacial score (nSPS) is 20.7. The summed E-state index contributed by atoms with van der Waals surface area (Å²) in [5.41, 5.74) is -0.596. The zero-order valence-electron chi connectivity index (χ0n) is 10.5. The quantitative estimate of drug-likeness (QED) is 0.706. The predicted octanol–water partition coefficient (Wildman–Crippen LogP) is 1.28. The molecular formula is C9H19NO3. The molecule has 78 valence electrons. The molecule has 0 rings (SSSR count). The molecule has 3 atom stereocenters. The summed E-state index contributed by atoms with van der Waals surface area (Å²) in [6.07, 6.45) is -1.73. The molecule has 1 amide bonds. The number of amides is 1. The van der Waals surface area contributed by atoms with Gasteiger partial charge in [0.05, 0.1) is 1.37 Å². The Labute approximate surface area is 82.1 Å². The Morgan fingerprint density at radius 1 is 1.69 bits per heavy atom. The van der Waals surface area contributed by atoms with Crippen molar-refractivity contribution in [1.29, 1.82) is 0 Å². The number of aliphatic hydroxyl groups excluding tert-OH is 1. The van der Waals surface area contributed by atoms with Crippen LogP contribution in [0.5, 0.6) is 0 Å². The number of alkyl carbamates (subject to hydrolysis) is 1. The molecule has 0 spiro atoms. The number of rotatable bonds is 3. The minimum Gasteiger partial charge on any atom is -0.444 e. The van der Waals surface area contributed by atoms with Gasteiger partial charge in [-0.2, -0.15) is 0 Å². The Bertz CT molecular complexity index is 216. The molecule has 13 heavy (non-hydrogen) atoms. The maximum Gasteiger partial charge on any atom is 0.407 e. The van der Waals surface area contributed by atoms with E-state index in [1.165, 1.54) is 0 Å². The first-order valence-electron chi connectivity index (χ1n) is 5.31. The number of carbonyl (C=O) groups excluding carboxylic acids is 1. The van der Waals surface area contributed by atoms with Gasteiger partial charge in [-0.15, -0.1) is 0 Å².